The van der Waals surface area contributed by atoms with Gasteiger partial charge in [0.1, 0.15) is 23.4 Å². The number of halogens is 1. The third-order valence-electron chi connectivity index (χ3n) is 3.14. The molecule has 0 aliphatic heterocycles. The molecule has 0 spiro atoms. The van der Waals surface area contributed by atoms with Gasteiger partial charge in [0.05, 0.1) is 0 Å². The Hall–Kier alpha value is -2.42. The summed E-state index contributed by atoms with van der Waals surface area (Å²) in [6, 6.07) is 11.6. The van der Waals surface area contributed by atoms with Crippen LogP contribution < -0.4 is 0 Å². The average molecular weight is 254 g/mol. The van der Waals surface area contributed by atoms with Gasteiger partial charge in [0.25, 0.3) is 0 Å². The summed E-state index contributed by atoms with van der Waals surface area (Å²) in [5, 5.41) is 0.714. The number of rotatable bonds is 2. The van der Waals surface area contributed by atoms with Crippen molar-refractivity contribution in [3.63, 3.8) is 0 Å². The lowest BCUT2D eigenvalue weighted by atomic mass is 10.0. The van der Waals surface area contributed by atoms with Crippen LogP contribution in [0.4, 0.5) is 4.39 Å². The van der Waals surface area contributed by atoms with Gasteiger partial charge in [0.15, 0.2) is 0 Å². The van der Waals surface area contributed by atoms with Crippen LogP contribution in [0.3, 0.4) is 0 Å². The molecule has 0 bridgehead atoms. The summed E-state index contributed by atoms with van der Waals surface area (Å²) in [5.41, 5.74) is 3.07. The van der Waals surface area contributed by atoms with Crippen LogP contribution in [0.5, 0.6) is 0 Å². The number of fused-ring (bicyclic) bond motifs is 1. The molecule has 3 heteroatoms. The second kappa shape index (κ2) is 4.35. The fourth-order valence-corrected chi connectivity index (χ4v) is 2.13. The zero-order chi connectivity index (χ0) is 13.4. The molecule has 2 nitrogen and oxygen atoms in total. The quantitative estimate of drug-likeness (QED) is 0.636. The fourth-order valence-electron chi connectivity index (χ4n) is 2.13. The van der Waals surface area contributed by atoms with Gasteiger partial charge >= 0.3 is 0 Å². The minimum atomic E-state index is -0.293. The minimum absolute atomic E-state index is 0.293. The summed E-state index contributed by atoms with van der Waals surface area (Å²) in [6.07, 6.45) is 0.797. The number of hydrogen-bond acceptors (Lipinski definition) is 2. The van der Waals surface area contributed by atoms with E-state index in [4.69, 9.17) is 4.42 Å². The van der Waals surface area contributed by atoms with Crippen LogP contribution in [0.15, 0.2) is 46.9 Å². The van der Waals surface area contributed by atoms with Gasteiger partial charge in [-0.05, 0) is 42.8 Å². The van der Waals surface area contributed by atoms with Crippen molar-refractivity contribution in [3.05, 3.63) is 59.4 Å². The van der Waals surface area contributed by atoms with Gasteiger partial charge in [0, 0.05) is 16.5 Å². The zero-order valence-corrected chi connectivity index (χ0v) is 10.3. The summed E-state index contributed by atoms with van der Waals surface area (Å²) in [6.45, 7) is 1.94. The fraction of sp³-hybridized carbons (Fsp3) is 0.0625. The highest BCUT2D eigenvalue weighted by Crippen LogP contribution is 2.30. The lowest BCUT2D eigenvalue weighted by Crippen LogP contribution is -1.85. The van der Waals surface area contributed by atoms with E-state index in [-0.39, 0.29) is 5.82 Å². The van der Waals surface area contributed by atoms with Crippen LogP contribution in [0.1, 0.15) is 15.9 Å². The molecule has 3 rings (SSSR count). The molecule has 1 aromatic heterocycles. The molecule has 0 saturated carbocycles. The van der Waals surface area contributed by atoms with E-state index in [2.05, 4.69) is 0 Å². The summed E-state index contributed by atoms with van der Waals surface area (Å²) in [4.78, 5) is 10.8. The van der Waals surface area contributed by atoms with Gasteiger partial charge in [0.2, 0.25) is 0 Å². The van der Waals surface area contributed by atoms with Crippen LogP contribution >= 0.6 is 0 Å². The number of benzene rings is 2. The number of aryl methyl sites for hydroxylation is 1. The molecule has 0 radical (unpaired) electrons. The molecular weight excluding hydrogens is 243 g/mol. The van der Waals surface area contributed by atoms with E-state index in [1.165, 1.54) is 12.1 Å². The summed E-state index contributed by atoms with van der Waals surface area (Å²) >= 11 is 0. The van der Waals surface area contributed by atoms with Gasteiger partial charge in [-0.2, -0.15) is 0 Å². The van der Waals surface area contributed by atoms with Crippen molar-refractivity contribution in [2.75, 3.05) is 0 Å². The van der Waals surface area contributed by atoms with E-state index in [1.54, 1.807) is 24.3 Å². The standard InChI is InChI=1S/C16H11FO2/c1-10-2-3-11(9-18)6-14(10)16-8-12-7-13(17)4-5-15(12)19-16/h2-9H,1H3. The van der Waals surface area contributed by atoms with Gasteiger partial charge < -0.3 is 4.42 Å². The molecule has 0 saturated heterocycles. The number of carbonyl (C=O) groups excluding carboxylic acids is 1. The van der Waals surface area contributed by atoms with Crippen molar-refractivity contribution in [2.24, 2.45) is 0 Å². The van der Waals surface area contributed by atoms with Gasteiger partial charge in [-0.3, -0.25) is 4.79 Å². The van der Waals surface area contributed by atoms with Crippen molar-refractivity contribution in [1.29, 1.82) is 0 Å². The van der Waals surface area contributed by atoms with E-state index in [0.717, 1.165) is 17.4 Å². The van der Waals surface area contributed by atoms with Crippen molar-refractivity contribution in [3.8, 4) is 11.3 Å². The third kappa shape index (κ3) is 2.03. The lowest BCUT2D eigenvalue weighted by Gasteiger charge is -2.02. The maximum atomic E-state index is 13.2. The first-order valence-corrected chi connectivity index (χ1v) is 5.93. The maximum absolute atomic E-state index is 13.2. The molecule has 0 amide bonds. The van der Waals surface area contributed by atoms with Crippen molar-refractivity contribution in [2.45, 2.75) is 6.92 Å². The van der Waals surface area contributed by atoms with Gasteiger partial charge in [-0.15, -0.1) is 0 Å². The maximum Gasteiger partial charge on any atom is 0.150 e. The van der Waals surface area contributed by atoms with Crippen LogP contribution in [-0.2, 0) is 0 Å². The zero-order valence-electron chi connectivity index (χ0n) is 10.3. The van der Waals surface area contributed by atoms with E-state index in [0.29, 0.717) is 22.3 Å². The van der Waals surface area contributed by atoms with E-state index >= 15 is 0 Å². The molecule has 2 aromatic carbocycles. The molecular formula is C16H11FO2. The number of carbonyl (C=O) groups is 1. The predicted molar refractivity (Wildman–Crippen MR) is 71.7 cm³/mol. The van der Waals surface area contributed by atoms with Crippen molar-refractivity contribution in [1.82, 2.24) is 0 Å². The van der Waals surface area contributed by atoms with E-state index in [9.17, 15) is 9.18 Å². The van der Waals surface area contributed by atoms with E-state index in [1.807, 2.05) is 13.0 Å². The Balaban J connectivity index is 2.21. The van der Waals surface area contributed by atoms with Gasteiger partial charge in [-0.25, -0.2) is 4.39 Å². The van der Waals surface area contributed by atoms with E-state index < -0.39 is 0 Å². The molecule has 1 heterocycles. The highest BCUT2D eigenvalue weighted by molar-refractivity contribution is 5.85. The van der Waals surface area contributed by atoms with Crippen molar-refractivity contribution >= 4 is 17.3 Å². The first kappa shape index (κ1) is 11.7. The average Bonchev–Trinajstić information content (AvgIpc) is 2.82. The Morgan fingerprint density at radius 3 is 2.74 bits per heavy atom. The highest BCUT2D eigenvalue weighted by atomic mass is 19.1. The topological polar surface area (TPSA) is 30.2 Å². The SMILES string of the molecule is Cc1ccc(C=O)cc1-c1cc2cc(F)ccc2o1. The predicted octanol–water partition coefficient (Wildman–Crippen LogP) is 4.36. The third-order valence-corrected chi connectivity index (χ3v) is 3.14. The van der Waals surface area contributed by atoms with Crippen molar-refractivity contribution < 1.29 is 13.6 Å². The number of furan rings is 1. The molecule has 3 aromatic rings. The Labute approximate surface area is 109 Å². The second-order valence-corrected chi connectivity index (χ2v) is 4.49. The normalized spacial score (nSPS) is 10.8. The summed E-state index contributed by atoms with van der Waals surface area (Å²) in [5.74, 6) is 0.347. The largest absolute Gasteiger partial charge is 0.456 e. The molecule has 94 valence electrons. The lowest BCUT2D eigenvalue weighted by molar-refractivity contribution is 0.112. The van der Waals surface area contributed by atoms with Gasteiger partial charge in [-0.1, -0.05) is 12.1 Å². The van der Waals surface area contributed by atoms with Crippen LogP contribution in [-0.4, -0.2) is 6.29 Å². The first-order chi connectivity index (χ1) is 9.17. The summed E-state index contributed by atoms with van der Waals surface area (Å²) < 4.78 is 18.9. The molecule has 0 aliphatic carbocycles. The second-order valence-electron chi connectivity index (χ2n) is 4.49. The van der Waals surface area contributed by atoms with Crippen LogP contribution in [0.25, 0.3) is 22.3 Å². The molecule has 0 N–H and O–H groups in total. The first-order valence-electron chi connectivity index (χ1n) is 5.93. The summed E-state index contributed by atoms with van der Waals surface area (Å²) in [7, 11) is 0. The Morgan fingerprint density at radius 2 is 1.95 bits per heavy atom. The number of aldehydes is 1. The molecule has 0 atom stereocenters. The smallest absolute Gasteiger partial charge is 0.150 e. The minimum Gasteiger partial charge on any atom is -0.456 e. The molecule has 19 heavy (non-hydrogen) atoms. The molecule has 0 aliphatic rings. The van der Waals surface area contributed by atoms with Crippen LogP contribution in [0, 0.1) is 12.7 Å². The number of hydrogen-bond donors (Lipinski definition) is 0. The monoisotopic (exact) mass is 254 g/mol. The molecule has 0 fully saturated rings. The Bertz CT molecular complexity index is 772. The molecule has 0 unspecified atom stereocenters. The Morgan fingerprint density at radius 1 is 1.11 bits per heavy atom. The highest BCUT2D eigenvalue weighted by Gasteiger charge is 2.10. The van der Waals surface area contributed by atoms with Crippen LogP contribution in [0.2, 0.25) is 0 Å². The Kier molecular flexibility index (Phi) is 2.67.